The highest BCUT2D eigenvalue weighted by atomic mass is 79.9. The molecule has 1 aliphatic rings. The largest absolute Gasteiger partial charge is 0.303 e. The van der Waals surface area contributed by atoms with Crippen molar-refractivity contribution >= 4 is 37.8 Å². The first-order valence-electron chi connectivity index (χ1n) is 6.74. The zero-order valence-corrected chi connectivity index (χ0v) is 14.6. The lowest BCUT2D eigenvalue weighted by atomic mass is 10.1. The number of halogens is 2. The molecule has 0 bridgehead atoms. The Morgan fingerprint density at radius 2 is 1.95 bits per heavy atom. The van der Waals surface area contributed by atoms with Crippen molar-refractivity contribution < 1.29 is 4.79 Å². The third-order valence-corrected chi connectivity index (χ3v) is 4.10. The van der Waals surface area contributed by atoms with Gasteiger partial charge < -0.3 is 4.90 Å². The molecular formula is C16H17Br2NO. The number of benzene rings is 1. The van der Waals surface area contributed by atoms with Crippen molar-refractivity contribution in [2.75, 3.05) is 0 Å². The monoisotopic (exact) mass is 397 g/mol. The molecule has 0 radical (unpaired) electrons. The molecule has 0 aliphatic carbocycles. The fourth-order valence-corrected chi connectivity index (χ4v) is 2.92. The summed E-state index contributed by atoms with van der Waals surface area (Å²) in [6.45, 7) is 2.80. The van der Waals surface area contributed by atoms with Crippen LogP contribution in [0, 0.1) is 0 Å². The van der Waals surface area contributed by atoms with Gasteiger partial charge in [0.15, 0.2) is 0 Å². The lowest BCUT2D eigenvalue weighted by Crippen LogP contribution is -2.23. The number of hydrogen-bond donors (Lipinski definition) is 0. The van der Waals surface area contributed by atoms with Gasteiger partial charge in [-0.25, -0.2) is 0 Å². The lowest BCUT2D eigenvalue weighted by Gasteiger charge is -2.19. The topological polar surface area (TPSA) is 20.3 Å². The zero-order chi connectivity index (χ0) is 14.5. The Kier molecular flexibility index (Phi) is 5.61. The first kappa shape index (κ1) is 15.5. The van der Waals surface area contributed by atoms with E-state index >= 15 is 0 Å². The summed E-state index contributed by atoms with van der Waals surface area (Å²) in [5.74, 6) is 0.0235. The van der Waals surface area contributed by atoms with E-state index in [1.807, 2.05) is 6.08 Å². The molecule has 1 aliphatic heterocycles. The Hall–Kier alpha value is -0.870. The molecule has 1 aromatic carbocycles. The van der Waals surface area contributed by atoms with Crippen LogP contribution in [0.25, 0.3) is 0 Å². The maximum atomic E-state index is 11.9. The van der Waals surface area contributed by atoms with Crippen LogP contribution in [0.2, 0.25) is 0 Å². The van der Waals surface area contributed by atoms with Gasteiger partial charge in [0.1, 0.15) is 0 Å². The molecule has 0 saturated heterocycles. The highest BCUT2D eigenvalue weighted by Crippen LogP contribution is 2.28. The smallest absolute Gasteiger partial charge is 0.251 e. The molecule has 1 aromatic rings. The SMILES string of the molecule is CCCCc1cccc(CN2C(=O)C=CC2=C(Br)Br)c1. The van der Waals surface area contributed by atoms with Crippen molar-refractivity contribution in [3.8, 4) is 0 Å². The van der Waals surface area contributed by atoms with Gasteiger partial charge in [-0.1, -0.05) is 37.6 Å². The van der Waals surface area contributed by atoms with Gasteiger partial charge in [-0.3, -0.25) is 4.79 Å². The second kappa shape index (κ2) is 7.23. The maximum Gasteiger partial charge on any atom is 0.251 e. The number of hydrogen-bond acceptors (Lipinski definition) is 1. The fourth-order valence-electron chi connectivity index (χ4n) is 2.22. The minimum Gasteiger partial charge on any atom is -0.303 e. The minimum atomic E-state index is 0.0235. The van der Waals surface area contributed by atoms with Crippen LogP contribution >= 0.6 is 31.9 Å². The average Bonchev–Trinajstić information content (AvgIpc) is 2.79. The van der Waals surface area contributed by atoms with Gasteiger partial charge in [0.05, 0.1) is 15.6 Å². The van der Waals surface area contributed by atoms with E-state index in [0.29, 0.717) is 6.54 Å². The van der Waals surface area contributed by atoms with Crippen molar-refractivity contribution in [1.82, 2.24) is 4.90 Å². The van der Waals surface area contributed by atoms with E-state index in [9.17, 15) is 4.79 Å². The summed E-state index contributed by atoms with van der Waals surface area (Å²) in [7, 11) is 0. The summed E-state index contributed by atoms with van der Waals surface area (Å²) in [4.78, 5) is 13.7. The molecule has 2 rings (SSSR count). The summed E-state index contributed by atoms with van der Waals surface area (Å²) in [5, 5.41) is 0. The maximum absolute atomic E-state index is 11.9. The average molecular weight is 399 g/mol. The van der Waals surface area contributed by atoms with E-state index in [2.05, 4.69) is 63.0 Å². The zero-order valence-electron chi connectivity index (χ0n) is 11.4. The number of carbonyl (C=O) groups excluding carboxylic acids is 1. The quantitative estimate of drug-likeness (QED) is 0.691. The molecule has 0 fully saturated rings. The van der Waals surface area contributed by atoms with Gasteiger partial charge >= 0.3 is 0 Å². The van der Waals surface area contributed by atoms with E-state index in [1.54, 1.807) is 11.0 Å². The van der Waals surface area contributed by atoms with E-state index in [1.165, 1.54) is 18.4 Å². The molecule has 0 atom stereocenters. The number of allylic oxidation sites excluding steroid dienone is 1. The highest BCUT2D eigenvalue weighted by Gasteiger charge is 2.22. The molecule has 0 N–H and O–H groups in total. The number of carbonyl (C=O) groups is 1. The molecule has 4 heteroatoms. The summed E-state index contributed by atoms with van der Waals surface area (Å²) in [6, 6.07) is 8.49. The van der Waals surface area contributed by atoms with E-state index < -0.39 is 0 Å². The summed E-state index contributed by atoms with van der Waals surface area (Å²) >= 11 is 6.76. The standard InChI is InChI=1S/C16H17Br2NO/c1-2-3-5-12-6-4-7-13(10-12)11-19-14(16(17)18)8-9-15(19)20/h4,6-10H,2-3,5,11H2,1H3. The molecule has 2 nitrogen and oxygen atoms in total. The predicted molar refractivity (Wildman–Crippen MR) is 89.6 cm³/mol. The molecule has 0 unspecified atom stereocenters. The Morgan fingerprint density at radius 1 is 1.20 bits per heavy atom. The number of amides is 1. The molecule has 106 valence electrons. The molecule has 0 saturated carbocycles. The minimum absolute atomic E-state index is 0.0235. The van der Waals surface area contributed by atoms with Gasteiger partial charge in [-0.2, -0.15) is 0 Å². The third kappa shape index (κ3) is 3.83. The van der Waals surface area contributed by atoms with Crippen LogP contribution in [0.3, 0.4) is 0 Å². The molecular weight excluding hydrogens is 382 g/mol. The third-order valence-electron chi connectivity index (χ3n) is 3.29. The Labute approximate surface area is 136 Å². The van der Waals surface area contributed by atoms with Gasteiger partial charge in [-0.05, 0) is 61.9 Å². The second-order valence-electron chi connectivity index (χ2n) is 4.83. The first-order valence-corrected chi connectivity index (χ1v) is 8.33. The van der Waals surface area contributed by atoms with Crippen LogP contribution in [-0.2, 0) is 17.8 Å². The van der Waals surface area contributed by atoms with Gasteiger partial charge in [0.25, 0.3) is 5.91 Å². The number of unbranched alkanes of at least 4 members (excludes halogenated alkanes) is 1. The van der Waals surface area contributed by atoms with Crippen molar-refractivity contribution in [2.45, 2.75) is 32.7 Å². The van der Waals surface area contributed by atoms with Crippen LogP contribution in [0.4, 0.5) is 0 Å². The van der Waals surface area contributed by atoms with Crippen LogP contribution in [0.1, 0.15) is 30.9 Å². The molecule has 0 aromatic heterocycles. The fraction of sp³-hybridized carbons (Fsp3) is 0.312. The summed E-state index contributed by atoms with van der Waals surface area (Å²) in [6.07, 6.45) is 6.91. The van der Waals surface area contributed by atoms with Crippen LogP contribution in [0.5, 0.6) is 0 Å². The Balaban J connectivity index is 2.13. The first-order chi connectivity index (χ1) is 9.61. The Morgan fingerprint density at radius 3 is 2.65 bits per heavy atom. The normalized spacial score (nSPS) is 14.2. The van der Waals surface area contributed by atoms with Crippen molar-refractivity contribution in [1.29, 1.82) is 0 Å². The van der Waals surface area contributed by atoms with E-state index in [4.69, 9.17) is 0 Å². The molecule has 20 heavy (non-hydrogen) atoms. The van der Waals surface area contributed by atoms with Crippen molar-refractivity contribution in [3.05, 3.63) is 56.6 Å². The molecule has 0 spiro atoms. The van der Waals surface area contributed by atoms with Gasteiger partial charge in [0.2, 0.25) is 0 Å². The summed E-state index contributed by atoms with van der Waals surface area (Å²) in [5.41, 5.74) is 3.37. The predicted octanol–water partition coefficient (Wildman–Crippen LogP) is 4.89. The second-order valence-corrected chi connectivity index (χ2v) is 7.48. The Bertz CT molecular complexity index is 559. The van der Waals surface area contributed by atoms with Crippen molar-refractivity contribution in [3.63, 3.8) is 0 Å². The van der Waals surface area contributed by atoms with E-state index in [0.717, 1.165) is 21.1 Å². The number of nitrogens with zero attached hydrogens (tertiary/aromatic N) is 1. The van der Waals surface area contributed by atoms with Gasteiger partial charge in [0, 0.05) is 6.08 Å². The number of rotatable bonds is 5. The highest BCUT2D eigenvalue weighted by molar-refractivity contribution is 9.28. The van der Waals surface area contributed by atoms with E-state index in [-0.39, 0.29) is 5.91 Å². The summed E-state index contributed by atoms with van der Waals surface area (Å²) < 4.78 is 0.800. The molecule has 1 amide bonds. The van der Waals surface area contributed by atoms with Crippen LogP contribution in [0.15, 0.2) is 45.5 Å². The number of aryl methyl sites for hydroxylation is 1. The molecule has 1 heterocycles. The van der Waals surface area contributed by atoms with Crippen molar-refractivity contribution in [2.24, 2.45) is 0 Å². The van der Waals surface area contributed by atoms with Crippen LogP contribution in [-0.4, -0.2) is 10.8 Å². The van der Waals surface area contributed by atoms with Crippen LogP contribution < -0.4 is 0 Å². The lowest BCUT2D eigenvalue weighted by molar-refractivity contribution is -0.123. The van der Waals surface area contributed by atoms with Gasteiger partial charge in [-0.15, -0.1) is 0 Å².